The lowest BCUT2D eigenvalue weighted by Gasteiger charge is -2.25. The minimum absolute atomic E-state index is 0.158. The molecule has 0 spiro atoms. The van der Waals surface area contributed by atoms with E-state index in [9.17, 15) is 13.2 Å². The van der Waals surface area contributed by atoms with Crippen LogP contribution in [0.5, 0.6) is 11.5 Å². The summed E-state index contributed by atoms with van der Waals surface area (Å²) in [6.45, 7) is 1.56. The zero-order valence-corrected chi connectivity index (χ0v) is 16.9. The van der Waals surface area contributed by atoms with Crippen LogP contribution in [0.15, 0.2) is 34.0 Å². The van der Waals surface area contributed by atoms with Crippen molar-refractivity contribution in [1.29, 1.82) is 0 Å². The van der Waals surface area contributed by atoms with Gasteiger partial charge in [-0.2, -0.15) is 9.40 Å². The molecule has 0 radical (unpaired) electrons. The van der Waals surface area contributed by atoms with Gasteiger partial charge in [0.05, 0.1) is 17.1 Å². The Morgan fingerprint density at radius 3 is 2.76 bits per heavy atom. The second-order valence-corrected chi connectivity index (χ2v) is 9.60. The van der Waals surface area contributed by atoms with Crippen molar-refractivity contribution in [2.75, 3.05) is 19.8 Å². The summed E-state index contributed by atoms with van der Waals surface area (Å²) in [7, 11) is -3.71. The lowest BCUT2D eigenvalue weighted by Crippen LogP contribution is -2.40. The van der Waals surface area contributed by atoms with Gasteiger partial charge in [-0.25, -0.2) is 13.1 Å². The molecule has 9 heteroatoms. The first-order chi connectivity index (χ1) is 14.0. The molecule has 1 saturated heterocycles. The van der Waals surface area contributed by atoms with Crippen LogP contribution in [0.2, 0.25) is 0 Å². The van der Waals surface area contributed by atoms with Gasteiger partial charge in [-0.15, -0.1) is 0 Å². The molecule has 5 rings (SSSR count). The van der Waals surface area contributed by atoms with Crippen molar-refractivity contribution in [2.45, 2.75) is 49.6 Å². The van der Waals surface area contributed by atoms with Crippen LogP contribution < -0.4 is 15.0 Å². The van der Waals surface area contributed by atoms with Gasteiger partial charge in [0.1, 0.15) is 13.2 Å². The van der Waals surface area contributed by atoms with E-state index in [1.54, 1.807) is 18.2 Å². The highest BCUT2D eigenvalue weighted by molar-refractivity contribution is 7.89. The van der Waals surface area contributed by atoms with Crippen LogP contribution in [0.4, 0.5) is 0 Å². The van der Waals surface area contributed by atoms with Crippen LogP contribution in [0.3, 0.4) is 0 Å². The van der Waals surface area contributed by atoms with Crippen LogP contribution in [-0.4, -0.2) is 48.3 Å². The largest absolute Gasteiger partial charge is 0.486 e. The average molecular weight is 417 g/mol. The number of rotatable bonds is 4. The molecule has 3 heterocycles. The van der Waals surface area contributed by atoms with E-state index in [2.05, 4.69) is 5.10 Å². The van der Waals surface area contributed by atoms with Crippen molar-refractivity contribution in [3.8, 4) is 11.5 Å². The number of sulfonamides is 1. The Bertz CT molecular complexity index is 1110. The summed E-state index contributed by atoms with van der Waals surface area (Å²) in [6, 6.07) is 6.08. The van der Waals surface area contributed by atoms with Crippen LogP contribution in [-0.2, 0) is 29.4 Å². The lowest BCUT2D eigenvalue weighted by molar-refractivity contribution is 0.171. The van der Waals surface area contributed by atoms with Gasteiger partial charge in [0.15, 0.2) is 11.5 Å². The number of aromatic nitrogens is 2. The molecule has 1 atom stereocenters. The Morgan fingerprint density at radius 1 is 1.07 bits per heavy atom. The topological polar surface area (TPSA) is 90.7 Å². The number of hydrogen-bond donors (Lipinski definition) is 0. The monoisotopic (exact) mass is 417 g/mol. The molecule has 3 aliphatic rings. The predicted molar refractivity (Wildman–Crippen MR) is 105 cm³/mol. The van der Waals surface area contributed by atoms with E-state index in [0.717, 1.165) is 36.9 Å². The number of benzene rings is 1. The van der Waals surface area contributed by atoms with Gasteiger partial charge in [-0.05, 0) is 49.8 Å². The first-order valence-electron chi connectivity index (χ1n) is 10.0. The first-order valence-corrected chi connectivity index (χ1v) is 11.5. The minimum Gasteiger partial charge on any atom is -0.486 e. The summed E-state index contributed by atoms with van der Waals surface area (Å²) >= 11 is 0. The molecule has 0 amide bonds. The number of aryl methyl sites for hydroxylation is 2. The Balaban J connectivity index is 1.42. The second-order valence-electron chi connectivity index (χ2n) is 7.71. The highest BCUT2D eigenvalue weighted by Crippen LogP contribution is 2.35. The molecule has 1 fully saturated rings. The zero-order chi connectivity index (χ0) is 20.0. The SMILES string of the molecule is O=c1cc2c(nn1CC1CCCN1S(=O)(=O)c1ccc3c(c1)OCCO3)CCC2. The van der Waals surface area contributed by atoms with E-state index in [-0.39, 0.29) is 23.0 Å². The zero-order valence-electron chi connectivity index (χ0n) is 16.0. The van der Waals surface area contributed by atoms with Crippen molar-refractivity contribution in [2.24, 2.45) is 0 Å². The van der Waals surface area contributed by atoms with Crippen molar-refractivity contribution < 1.29 is 17.9 Å². The normalized spacial score (nSPS) is 21.3. The second kappa shape index (κ2) is 7.14. The Kier molecular flexibility index (Phi) is 4.59. The standard InChI is InChI=1S/C20H23N3O5S/c24-20-11-14-3-1-5-17(14)21-22(20)13-15-4-2-8-23(15)29(25,26)16-6-7-18-19(12-16)28-10-9-27-18/h6-7,11-12,15H,1-5,8-10,13H2. The highest BCUT2D eigenvalue weighted by Gasteiger charge is 2.36. The predicted octanol–water partition coefficient (Wildman–Crippen LogP) is 1.36. The van der Waals surface area contributed by atoms with Crippen LogP contribution >= 0.6 is 0 Å². The molecule has 0 N–H and O–H groups in total. The van der Waals surface area contributed by atoms with Crippen LogP contribution in [0.1, 0.15) is 30.5 Å². The third-order valence-corrected chi connectivity index (χ3v) is 7.80. The third-order valence-electron chi connectivity index (χ3n) is 5.85. The molecule has 0 bridgehead atoms. The molecule has 2 aliphatic heterocycles. The van der Waals surface area contributed by atoms with E-state index in [1.807, 2.05) is 0 Å². The smallest absolute Gasteiger partial charge is 0.267 e. The number of hydrogen-bond acceptors (Lipinski definition) is 6. The summed E-state index contributed by atoms with van der Waals surface area (Å²) in [5.74, 6) is 1.01. The van der Waals surface area contributed by atoms with E-state index < -0.39 is 10.0 Å². The van der Waals surface area contributed by atoms with Gasteiger partial charge in [-0.3, -0.25) is 4.79 Å². The number of nitrogens with zero attached hydrogens (tertiary/aromatic N) is 3. The molecule has 1 aromatic heterocycles. The molecule has 29 heavy (non-hydrogen) atoms. The Morgan fingerprint density at radius 2 is 1.90 bits per heavy atom. The van der Waals surface area contributed by atoms with Gasteiger partial charge < -0.3 is 9.47 Å². The minimum atomic E-state index is -3.71. The fourth-order valence-corrected chi connectivity index (χ4v) is 6.10. The molecule has 1 unspecified atom stereocenters. The van der Waals surface area contributed by atoms with E-state index in [0.29, 0.717) is 37.7 Å². The van der Waals surface area contributed by atoms with Crippen molar-refractivity contribution >= 4 is 10.0 Å². The summed E-state index contributed by atoms with van der Waals surface area (Å²) in [4.78, 5) is 12.6. The fourth-order valence-electron chi connectivity index (χ4n) is 4.40. The summed E-state index contributed by atoms with van der Waals surface area (Å²) < 4.78 is 40.6. The fraction of sp³-hybridized carbons (Fsp3) is 0.500. The third kappa shape index (κ3) is 3.32. The summed E-state index contributed by atoms with van der Waals surface area (Å²) in [6.07, 6.45) is 4.24. The average Bonchev–Trinajstić information content (AvgIpc) is 3.37. The highest BCUT2D eigenvalue weighted by atomic mass is 32.2. The van der Waals surface area contributed by atoms with Gasteiger partial charge in [0.2, 0.25) is 10.0 Å². The van der Waals surface area contributed by atoms with Gasteiger partial charge in [0.25, 0.3) is 5.56 Å². The molecular weight excluding hydrogens is 394 g/mol. The molecule has 1 aromatic carbocycles. The molecule has 2 aromatic rings. The maximum absolute atomic E-state index is 13.3. The number of ether oxygens (including phenoxy) is 2. The molecule has 1 aliphatic carbocycles. The van der Waals surface area contributed by atoms with Crippen molar-refractivity contribution in [1.82, 2.24) is 14.1 Å². The van der Waals surface area contributed by atoms with E-state index in [1.165, 1.54) is 15.1 Å². The van der Waals surface area contributed by atoms with E-state index in [4.69, 9.17) is 9.47 Å². The van der Waals surface area contributed by atoms with Gasteiger partial charge >= 0.3 is 0 Å². The summed E-state index contributed by atoms with van der Waals surface area (Å²) in [5.41, 5.74) is 1.83. The lowest BCUT2D eigenvalue weighted by atomic mass is 10.2. The summed E-state index contributed by atoms with van der Waals surface area (Å²) in [5, 5.41) is 4.51. The Hall–Kier alpha value is -2.39. The molecular formula is C20H23N3O5S. The number of fused-ring (bicyclic) bond motifs is 2. The van der Waals surface area contributed by atoms with Crippen molar-refractivity contribution in [3.63, 3.8) is 0 Å². The maximum Gasteiger partial charge on any atom is 0.267 e. The quantitative estimate of drug-likeness (QED) is 0.746. The van der Waals surface area contributed by atoms with Crippen LogP contribution in [0, 0.1) is 0 Å². The van der Waals surface area contributed by atoms with Crippen LogP contribution in [0.25, 0.3) is 0 Å². The van der Waals surface area contributed by atoms with E-state index >= 15 is 0 Å². The molecule has 154 valence electrons. The molecule has 0 saturated carbocycles. The van der Waals surface area contributed by atoms with Gasteiger partial charge in [0, 0.05) is 24.7 Å². The first kappa shape index (κ1) is 18.6. The maximum atomic E-state index is 13.3. The van der Waals surface area contributed by atoms with Gasteiger partial charge in [-0.1, -0.05) is 0 Å². The molecule has 8 nitrogen and oxygen atoms in total. The van der Waals surface area contributed by atoms with Crippen molar-refractivity contribution in [3.05, 3.63) is 45.9 Å². The Labute approximate surface area is 169 Å².